The van der Waals surface area contributed by atoms with Gasteiger partial charge in [-0.1, -0.05) is 23.6 Å². The highest BCUT2D eigenvalue weighted by Gasteiger charge is 2.29. The van der Waals surface area contributed by atoms with Crippen LogP contribution in [0.3, 0.4) is 0 Å². The normalized spacial score (nSPS) is 22.7. The molecule has 0 saturated carbocycles. The van der Waals surface area contributed by atoms with Gasteiger partial charge in [0.05, 0.1) is 5.02 Å². The summed E-state index contributed by atoms with van der Waals surface area (Å²) < 4.78 is 17.5. The Balaban J connectivity index is 2.15. The van der Waals surface area contributed by atoms with Crippen LogP contribution in [0.5, 0.6) is 5.75 Å². The monoisotopic (exact) mass is 319 g/mol. The molecule has 0 fully saturated rings. The first-order chi connectivity index (χ1) is 8.02. The van der Waals surface area contributed by atoms with Crippen molar-refractivity contribution in [2.75, 3.05) is 0 Å². The molecule has 7 heteroatoms. The zero-order valence-electron chi connectivity index (χ0n) is 8.82. The molecule has 1 aromatic carbocycles. The first-order valence-corrected chi connectivity index (χ1v) is 6.04. The Morgan fingerprint density at radius 2 is 2.29 bits per heavy atom. The van der Waals surface area contributed by atoms with Crippen molar-refractivity contribution in [1.82, 2.24) is 0 Å². The lowest BCUT2D eigenvalue weighted by atomic mass is 10.3. The van der Waals surface area contributed by atoms with Gasteiger partial charge in [0.15, 0.2) is 0 Å². The third-order valence-corrected chi connectivity index (χ3v) is 3.29. The van der Waals surface area contributed by atoms with Gasteiger partial charge in [0.2, 0.25) is 4.57 Å². The molecule has 2 rings (SSSR count). The van der Waals surface area contributed by atoms with Crippen molar-refractivity contribution in [3.63, 3.8) is 0 Å². The lowest BCUT2D eigenvalue weighted by Crippen LogP contribution is -2.11. The number of alkyl halides is 1. The SMILES string of the molecule is CCC1(Br)N=NC(Oc2ccc(F)c(Cl)c2)=N1. The van der Waals surface area contributed by atoms with E-state index in [-0.39, 0.29) is 11.0 Å². The summed E-state index contributed by atoms with van der Waals surface area (Å²) in [6.07, 6.45) is 0.646. The average molecular weight is 321 g/mol. The second-order valence-electron chi connectivity index (χ2n) is 3.34. The summed E-state index contributed by atoms with van der Waals surface area (Å²) in [5.74, 6) is -0.139. The molecule has 17 heavy (non-hydrogen) atoms. The van der Waals surface area contributed by atoms with Gasteiger partial charge in [0.25, 0.3) is 0 Å². The molecule has 0 spiro atoms. The number of ether oxygens (including phenoxy) is 1. The van der Waals surface area contributed by atoms with E-state index in [9.17, 15) is 4.39 Å². The average Bonchev–Trinajstić information content (AvgIpc) is 2.67. The fourth-order valence-corrected chi connectivity index (χ4v) is 1.55. The van der Waals surface area contributed by atoms with Crippen molar-refractivity contribution in [2.45, 2.75) is 17.9 Å². The van der Waals surface area contributed by atoms with Crippen LogP contribution in [-0.4, -0.2) is 10.6 Å². The molecule has 1 aliphatic heterocycles. The van der Waals surface area contributed by atoms with Gasteiger partial charge in [0.1, 0.15) is 11.6 Å². The van der Waals surface area contributed by atoms with Gasteiger partial charge in [-0.25, -0.2) is 4.39 Å². The van der Waals surface area contributed by atoms with Crippen molar-refractivity contribution in [2.24, 2.45) is 15.2 Å². The fourth-order valence-electron chi connectivity index (χ4n) is 1.15. The van der Waals surface area contributed by atoms with Crippen LogP contribution >= 0.6 is 27.5 Å². The predicted molar refractivity (Wildman–Crippen MR) is 66.3 cm³/mol. The number of azo groups is 1. The standard InChI is InChI=1S/C10H8BrClFN3O/c1-2-10(11)14-9(15-16-10)17-6-3-4-8(13)7(12)5-6/h3-5H,2H2,1H3. The topological polar surface area (TPSA) is 46.3 Å². The Morgan fingerprint density at radius 3 is 2.88 bits per heavy atom. The van der Waals surface area contributed by atoms with Crippen molar-refractivity contribution in [1.29, 1.82) is 0 Å². The lowest BCUT2D eigenvalue weighted by molar-refractivity contribution is 0.535. The first kappa shape index (κ1) is 12.4. The number of nitrogens with zero attached hydrogens (tertiary/aromatic N) is 3. The number of hydrogen-bond donors (Lipinski definition) is 0. The Bertz CT molecular complexity index is 508. The maximum absolute atomic E-state index is 12.9. The van der Waals surface area contributed by atoms with Crippen LogP contribution < -0.4 is 4.74 Å². The minimum atomic E-state index is -0.744. The van der Waals surface area contributed by atoms with Gasteiger partial charge in [-0.3, -0.25) is 0 Å². The van der Waals surface area contributed by atoms with Crippen LogP contribution in [0.4, 0.5) is 4.39 Å². The van der Waals surface area contributed by atoms with Crippen LogP contribution in [0.1, 0.15) is 13.3 Å². The van der Waals surface area contributed by atoms with E-state index in [1.165, 1.54) is 18.2 Å². The molecule has 0 bridgehead atoms. The van der Waals surface area contributed by atoms with E-state index >= 15 is 0 Å². The van der Waals surface area contributed by atoms with Crippen LogP contribution in [0.25, 0.3) is 0 Å². The molecular weight excluding hydrogens is 312 g/mol. The molecule has 0 saturated heterocycles. The number of benzene rings is 1. The van der Waals surface area contributed by atoms with E-state index in [0.717, 1.165) is 0 Å². The Labute approximate surface area is 111 Å². The van der Waals surface area contributed by atoms with Crippen LogP contribution in [0.2, 0.25) is 5.02 Å². The summed E-state index contributed by atoms with van der Waals surface area (Å²) in [4.78, 5) is 4.13. The second-order valence-corrected chi connectivity index (χ2v) is 5.02. The van der Waals surface area contributed by atoms with E-state index in [2.05, 4.69) is 31.2 Å². The first-order valence-electron chi connectivity index (χ1n) is 4.87. The van der Waals surface area contributed by atoms with Crippen LogP contribution in [0.15, 0.2) is 33.4 Å². The number of aliphatic imine (C=N–C) groups is 1. The Hall–Kier alpha value is -1.01. The summed E-state index contributed by atoms with van der Waals surface area (Å²) in [6, 6.07) is 4.13. The highest BCUT2D eigenvalue weighted by Crippen LogP contribution is 2.31. The molecule has 1 aliphatic rings. The van der Waals surface area contributed by atoms with Crippen molar-refractivity contribution in [3.8, 4) is 5.75 Å². The number of amidine groups is 1. The molecule has 0 radical (unpaired) electrons. The van der Waals surface area contributed by atoms with Gasteiger partial charge in [0, 0.05) is 12.5 Å². The van der Waals surface area contributed by atoms with Crippen molar-refractivity contribution >= 4 is 33.6 Å². The number of halogens is 3. The zero-order valence-corrected chi connectivity index (χ0v) is 11.2. The van der Waals surface area contributed by atoms with Gasteiger partial charge >= 0.3 is 6.02 Å². The van der Waals surface area contributed by atoms with Gasteiger partial charge in [-0.2, -0.15) is 4.99 Å². The van der Waals surface area contributed by atoms with E-state index in [0.29, 0.717) is 12.2 Å². The highest BCUT2D eigenvalue weighted by atomic mass is 79.9. The molecule has 0 aliphatic carbocycles. The maximum atomic E-state index is 12.9. The molecular formula is C10H8BrClFN3O. The molecule has 90 valence electrons. The summed E-state index contributed by atoms with van der Waals surface area (Å²) in [7, 11) is 0. The van der Waals surface area contributed by atoms with Gasteiger partial charge in [-0.05, 0) is 28.1 Å². The minimum absolute atomic E-state index is 0.0152. The van der Waals surface area contributed by atoms with Gasteiger partial charge < -0.3 is 4.74 Å². The van der Waals surface area contributed by atoms with E-state index in [1.54, 1.807) is 0 Å². The number of hydrogen-bond acceptors (Lipinski definition) is 4. The highest BCUT2D eigenvalue weighted by molar-refractivity contribution is 9.10. The van der Waals surface area contributed by atoms with Crippen LogP contribution in [0, 0.1) is 5.82 Å². The predicted octanol–water partition coefficient (Wildman–Crippen LogP) is 4.14. The Kier molecular flexibility index (Phi) is 3.44. The molecule has 1 unspecified atom stereocenters. The summed E-state index contributed by atoms with van der Waals surface area (Å²) >= 11 is 8.94. The summed E-state index contributed by atoms with van der Waals surface area (Å²) in [5.41, 5.74) is 0. The van der Waals surface area contributed by atoms with Crippen LogP contribution in [-0.2, 0) is 0 Å². The van der Waals surface area contributed by atoms with Crippen molar-refractivity contribution in [3.05, 3.63) is 29.0 Å². The maximum Gasteiger partial charge on any atom is 0.339 e. The molecule has 0 aromatic heterocycles. The number of rotatable bonds is 2. The summed E-state index contributed by atoms with van der Waals surface area (Å²) in [5, 5.41) is 7.67. The summed E-state index contributed by atoms with van der Waals surface area (Å²) in [6.45, 7) is 1.91. The second kappa shape index (κ2) is 4.70. The van der Waals surface area contributed by atoms with E-state index in [1.807, 2.05) is 6.92 Å². The molecule has 0 N–H and O–H groups in total. The molecule has 1 aromatic rings. The molecule has 4 nitrogen and oxygen atoms in total. The van der Waals surface area contributed by atoms with E-state index in [4.69, 9.17) is 16.3 Å². The largest absolute Gasteiger partial charge is 0.423 e. The minimum Gasteiger partial charge on any atom is -0.423 e. The van der Waals surface area contributed by atoms with Crippen molar-refractivity contribution < 1.29 is 9.13 Å². The molecule has 1 atom stereocenters. The smallest absolute Gasteiger partial charge is 0.339 e. The third kappa shape index (κ3) is 2.81. The van der Waals surface area contributed by atoms with E-state index < -0.39 is 10.4 Å². The third-order valence-electron chi connectivity index (χ3n) is 2.11. The zero-order chi connectivity index (χ0) is 12.5. The lowest BCUT2D eigenvalue weighted by Gasteiger charge is -2.08. The Morgan fingerprint density at radius 1 is 1.53 bits per heavy atom. The van der Waals surface area contributed by atoms with Gasteiger partial charge in [-0.15, -0.1) is 5.11 Å². The molecule has 1 heterocycles. The molecule has 0 amide bonds. The quantitative estimate of drug-likeness (QED) is 0.597. The fraction of sp³-hybridized carbons (Fsp3) is 0.300.